The van der Waals surface area contributed by atoms with Crippen molar-refractivity contribution < 1.29 is 14.0 Å². The van der Waals surface area contributed by atoms with Crippen molar-refractivity contribution in [2.45, 2.75) is 83.7 Å². The highest BCUT2D eigenvalue weighted by Crippen LogP contribution is 2.58. The monoisotopic (exact) mass is 479 g/mol. The smallest absolute Gasteiger partial charge is 0.225 e. The van der Waals surface area contributed by atoms with Gasteiger partial charge in [-0.2, -0.15) is 0 Å². The summed E-state index contributed by atoms with van der Waals surface area (Å²) in [7, 11) is -1.91. The maximum absolute atomic E-state index is 13.4. The van der Waals surface area contributed by atoms with Gasteiger partial charge in [0, 0.05) is 11.3 Å². The van der Waals surface area contributed by atoms with Crippen LogP contribution in [0.2, 0.25) is 18.1 Å². The van der Waals surface area contributed by atoms with Gasteiger partial charge in [0.25, 0.3) is 0 Å². The first-order valence-corrected chi connectivity index (χ1v) is 15.5. The Labute approximate surface area is 206 Å². The van der Waals surface area contributed by atoms with Crippen molar-refractivity contribution in [2.24, 2.45) is 11.8 Å². The fourth-order valence-electron chi connectivity index (χ4n) is 5.42. The van der Waals surface area contributed by atoms with E-state index in [2.05, 4.69) is 90.3 Å². The Kier molecular flexibility index (Phi) is 6.49. The van der Waals surface area contributed by atoms with Crippen molar-refractivity contribution in [2.75, 3.05) is 6.61 Å². The minimum absolute atomic E-state index is 0.00189. The normalized spacial score (nSPS) is 26.4. The summed E-state index contributed by atoms with van der Waals surface area (Å²) in [5.74, 6) is 1.39. The van der Waals surface area contributed by atoms with Crippen molar-refractivity contribution in [1.82, 2.24) is 5.32 Å². The molecule has 4 nitrogen and oxygen atoms in total. The second-order valence-corrected chi connectivity index (χ2v) is 17.0. The minimum atomic E-state index is -1.91. The quantitative estimate of drug-likeness (QED) is 0.467. The van der Waals surface area contributed by atoms with Crippen LogP contribution < -0.4 is 10.1 Å². The first kappa shape index (κ1) is 25.0. The Morgan fingerprint density at radius 3 is 2.38 bits per heavy atom. The lowest BCUT2D eigenvalue weighted by Crippen LogP contribution is -2.45. The van der Waals surface area contributed by atoms with Gasteiger partial charge in [0.2, 0.25) is 5.91 Å². The zero-order valence-corrected chi connectivity index (χ0v) is 23.1. The lowest BCUT2D eigenvalue weighted by molar-refractivity contribution is -0.125. The highest BCUT2D eigenvalue weighted by Gasteiger charge is 2.60. The first-order chi connectivity index (χ1) is 15.9. The van der Waals surface area contributed by atoms with Crippen LogP contribution in [0.25, 0.3) is 0 Å². The zero-order chi connectivity index (χ0) is 24.9. The van der Waals surface area contributed by atoms with Crippen LogP contribution in [0.4, 0.5) is 0 Å². The molecule has 1 aliphatic heterocycles. The van der Waals surface area contributed by atoms with Gasteiger partial charge in [-0.3, -0.25) is 4.79 Å². The summed E-state index contributed by atoms with van der Waals surface area (Å²) in [4.78, 5) is 13.4. The fourth-order valence-corrected chi connectivity index (χ4v) is 6.45. The van der Waals surface area contributed by atoms with E-state index in [1.165, 1.54) is 11.1 Å². The number of hydrogen-bond donors (Lipinski definition) is 1. The highest BCUT2D eigenvalue weighted by molar-refractivity contribution is 6.74. The van der Waals surface area contributed by atoms with Gasteiger partial charge in [0.1, 0.15) is 12.4 Å². The maximum Gasteiger partial charge on any atom is 0.225 e. The standard InChI is InChI=1S/C29H41NO3Si/c1-19(2)29(6)23-16-21(32-17-20-12-10-9-11-13-20)14-15-22(23)25-24(30-27(31)26(25)29)18-33-34(7,8)28(3,4)5/h9-16,19,24-26H,17-18H2,1-8H3,(H,30,31)/t24-,25-,26-,29-/m1/s1. The molecule has 0 saturated carbocycles. The van der Waals surface area contributed by atoms with Crippen LogP contribution >= 0.6 is 0 Å². The summed E-state index contributed by atoms with van der Waals surface area (Å²) in [6.45, 7) is 19.2. The molecule has 1 heterocycles. The van der Waals surface area contributed by atoms with E-state index in [1.54, 1.807) is 0 Å². The molecule has 1 N–H and O–H groups in total. The Hall–Kier alpha value is -2.11. The molecule has 1 saturated heterocycles. The van der Waals surface area contributed by atoms with Crippen molar-refractivity contribution in [3.8, 4) is 5.75 Å². The third-order valence-corrected chi connectivity index (χ3v) is 13.4. The van der Waals surface area contributed by atoms with E-state index in [1.807, 2.05) is 18.2 Å². The lowest BCUT2D eigenvalue weighted by Gasteiger charge is -2.37. The van der Waals surface area contributed by atoms with Crippen LogP contribution in [0.5, 0.6) is 5.75 Å². The van der Waals surface area contributed by atoms with Crippen molar-refractivity contribution in [1.29, 1.82) is 0 Å². The maximum atomic E-state index is 13.4. The largest absolute Gasteiger partial charge is 0.489 e. The number of rotatable bonds is 7. The number of ether oxygens (including phenoxy) is 1. The number of carbonyl (C=O) groups excluding carboxylic acids is 1. The molecule has 2 aromatic carbocycles. The van der Waals surface area contributed by atoms with Gasteiger partial charge < -0.3 is 14.5 Å². The number of nitrogens with one attached hydrogen (secondary N) is 1. The van der Waals surface area contributed by atoms with Crippen LogP contribution in [0.15, 0.2) is 48.5 Å². The summed E-state index contributed by atoms with van der Waals surface area (Å²) < 4.78 is 12.8. The molecule has 4 atom stereocenters. The second-order valence-electron chi connectivity index (χ2n) is 12.2. The van der Waals surface area contributed by atoms with E-state index < -0.39 is 8.32 Å². The van der Waals surface area contributed by atoms with Crippen LogP contribution in [0.3, 0.4) is 0 Å². The van der Waals surface area contributed by atoms with E-state index >= 15 is 0 Å². The molecular weight excluding hydrogens is 438 g/mol. The SMILES string of the molecule is CC(C)[C@]1(C)c2cc(OCc3ccccc3)ccc2[C@@H]2[C@@H](CO[Si](C)(C)C(C)(C)C)NC(=O)[C@@H]21. The summed E-state index contributed by atoms with van der Waals surface area (Å²) in [6, 6.07) is 16.7. The van der Waals surface area contributed by atoms with Crippen LogP contribution in [-0.4, -0.2) is 26.9 Å². The van der Waals surface area contributed by atoms with E-state index in [0.29, 0.717) is 19.1 Å². The van der Waals surface area contributed by atoms with Gasteiger partial charge in [0.05, 0.1) is 18.6 Å². The molecule has 1 amide bonds. The van der Waals surface area contributed by atoms with Crippen molar-refractivity contribution in [3.05, 3.63) is 65.2 Å². The Morgan fingerprint density at radius 1 is 1.09 bits per heavy atom. The van der Waals surface area contributed by atoms with Gasteiger partial charge in [0.15, 0.2) is 8.32 Å². The molecule has 184 valence electrons. The molecule has 1 fully saturated rings. The van der Waals surface area contributed by atoms with E-state index in [9.17, 15) is 4.79 Å². The Morgan fingerprint density at radius 2 is 1.76 bits per heavy atom. The molecule has 0 unspecified atom stereocenters. The molecule has 0 spiro atoms. The first-order valence-electron chi connectivity index (χ1n) is 12.6. The number of carbonyl (C=O) groups is 1. The van der Waals surface area contributed by atoms with Gasteiger partial charge in [-0.1, -0.05) is 77.9 Å². The van der Waals surface area contributed by atoms with Gasteiger partial charge in [-0.25, -0.2) is 0 Å². The Balaban J connectivity index is 1.63. The molecule has 0 aromatic heterocycles. The predicted octanol–water partition coefficient (Wildman–Crippen LogP) is 6.41. The molecule has 1 aliphatic carbocycles. The van der Waals surface area contributed by atoms with E-state index in [-0.39, 0.29) is 34.2 Å². The molecule has 4 rings (SSSR count). The average Bonchev–Trinajstić information content (AvgIpc) is 3.25. The summed E-state index contributed by atoms with van der Waals surface area (Å²) >= 11 is 0. The third kappa shape index (κ3) is 4.22. The zero-order valence-electron chi connectivity index (χ0n) is 22.1. The molecule has 2 aromatic rings. The van der Waals surface area contributed by atoms with Crippen LogP contribution in [0.1, 0.15) is 64.2 Å². The van der Waals surface area contributed by atoms with Gasteiger partial charge in [-0.15, -0.1) is 0 Å². The van der Waals surface area contributed by atoms with Gasteiger partial charge in [-0.05, 0) is 52.9 Å². The van der Waals surface area contributed by atoms with Crippen molar-refractivity contribution in [3.63, 3.8) is 0 Å². The third-order valence-electron chi connectivity index (χ3n) is 8.89. The van der Waals surface area contributed by atoms with E-state index in [4.69, 9.17) is 9.16 Å². The molecular formula is C29H41NO3Si. The van der Waals surface area contributed by atoms with Crippen molar-refractivity contribution >= 4 is 14.2 Å². The summed E-state index contributed by atoms with van der Waals surface area (Å²) in [6.07, 6.45) is 0. The average molecular weight is 480 g/mol. The summed E-state index contributed by atoms with van der Waals surface area (Å²) in [5, 5.41) is 3.46. The topological polar surface area (TPSA) is 47.6 Å². The fraction of sp³-hybridized carbons (Fsp3) is 0.552. The number of hydrogen-bond acceptors (Lipinski definition) is 3. The second kappa shape index (κ2) is 8.83. The van der Waals surface area contributed by atoms with Gasteiger partial charge >= 0.3 is 0 Å². The molecule has 2 aliphatic rings. The predicted molar refractivity (Wildman–Crippen MR) is 141 cm³/mol. The summed E-state index contributed by atoms with van der Waals surface area (Å²) in [5.41, 5.74) is 3.43. The molecule has 0 bridgehead atoms. The molecule has 5 heteroatoms. The number of benzene rings is 2. The molecule has 34 heavy (non-hydrogen) atoms. The lowest BCUT2D eigenvalue weighted by atomic mass is 9.67. The molecule has 0 radical (unpaired) electrons. The number of amides is 1. The van der Waals surface area contributed by atoms with Crippen LogP contribution in [0, 0.1) is 11.8 Å². The number of fused-ring (bicyclic) bond motifs is 3. The van der Waals surface area contributed by atoms with E-state index in [0.717, 1.165) is 11.3 Å². The Bertz CT molecular complexity index is 1040. The highest BCUT2D eigenvalue weighted by atomic mass is 28.4. The minimum Gasteiger partial charge on any atom is -0.489 e. The van der Waals surface area contributed by atoms with Crippen LogP contribution in [-0.2, 0) is 21.2 Å².